The van der Waals surface area contributed by atoms with Crippen LogP contribution in [0.1, 0.15) is 129 Å². The Labute approximate surface area is 338 Å². The van der Waals surface area contributed by atoms with Gasteiger partial charge in [0.15, 0.2) is 0 Å². The van der Waals surface area contributed by atoms with Crippen molar-refractivity contribution in [1.82, 2.24) is 24.9 Å². The summed E-state index contributed by atoms with van der Waals surface area (Å²) in [5.41, 5.74) is 5.07. The molecule has 0 amide bonds. The van der Waals surface area contributed by atoms with Gasteiger partial charge in [-0.15, -0.1) is 0 Å². The molecule has 0 aliphatic heterocycles. The van der Waals surface area contributed by atoms with Crippen LogP contribution >= 0.6 is 0 Å². The Kier molecular flexibility index (Phi) is 16.4. The predicted molar refractivity (Wildman–Crippen MR) is 236 cm³/mol. The first-order valence-electron chi connectivity index (χ1n) is 21.4. The minimum Gasteiger partial charge on any atom is -0.262 e. The molecule has 0 saturated heterocycles. The number of nitrogens with zero attached hydrogens (tertiary/aromatic N) is 7. The molecule has 5 aromatic heterocycles. The molecule has 5 rings (SSSR count). The molecule has 0 aliphatic rings. The van der Waals surface area contributed by atoms with Crippen LogP contribution in [0.5, 0.6) is 0 Å². The number of rotatable bonds is 22. The number of pyridine rings is 5. The Hall–Kier alpha value is -4.65. The van der Waals surface area contributed by atoms with Gasteiger partial charge in [0.25, 0.3) is 0 Å². The van der Waals surface area contributed by atoms with Crippen molar-refractivity contribution in [3.63, 3.8) is 0 Å². The van der Waals surface area contributed by atoms with Gasteiger partial charge < -0.3 is 0 Å². The SMILES string of the molecule is CC(C)CCCc1ccnc(N(c2cc(CCCC(C)C)ccn2)c2cccc(N(c3cc(CCCC(C)C)ccn3)c3cc(CCCC(C)C)ccn3)n2)c1. The van der Waals surface area contributed by atoms with E-state index in [1.54, 1.807) is 0 Å². The summed E-state index contributed by atoms with van der Waals surface area (Å²) < 4.78 is 0. The number of aromatic nitrogens is 5. The molecule has 0 atom stereocenters. The van der Waals surface area contributed by atoms with Crippen molar-refractivity contribution in [2.45, 2.75) is 132 Å². The first kappa shape index (κ1) is 42.5. The zero-order valence-corrected chi connectivity index (χ0v) is 35.6. The van der Waals surface area contributed by atoms with Gasteiger partial charge in [0.05, 0.1) is 0 Å². The number of hydrogen-bond donors (Lipinski definition) is 0. The lowest BCUT2D eigenvalue weighted by Crippen LogP contribution is -2.19. The lowest BCUT2D eigenvalue weighted by Gasteiger charge is -2.26. The predicted octanol–water partition coefficient (Wildman–Crippen LogP) is 13.5. The third-order valence-electron chi connectivity index (χ3n) is 10.3. The molecule has 5 heterocycles. The third kappa shape index (κ3) is 13.2. The van der Waals surface area contributed by atoms with Crippen molar-refractivity contribution in [2.75, 3.05) is 9.80 Å². The molecular formula is C49H67N7. The third-order valence-corrected chi connectivity index (χ3v) is 10.3. The number of anilines is 6. The topological polar surface area (TPSA) is 70.9 Å². The smallest absolute Gasteiger partial charge is 0.142 e. The second-order valence-electron chi connectivity index (χ2n) is 17.3. The van der Waals surface area contributed by atoms with E-state index in [0.717, 1.165) is 86.3 Å². The summed E-state index contributed by atoms with van der Waals surface area (Å²) in [5, 5.41) is 0. The maximum Gasteiger partial charge on any atom is 0.142 e. The minimum absolute atomic E-state index is 0.677. The largest absolute Gasteiger partial charge is 0.262 e. The first-order valence-corrected chi connectivity index (χ1v) is 21.4. The van der Waals surface area contributed by atoms with Crippen molar-refractivity contribution < 1.29 is 0 Å². The molecule has 7 heteroatoms. The van der Waals surface area contributed by atoms with E-state index >= 15 is 0 Å². The molecule has 0 saturated carbocycles. The van der Waals surface area contributed by atoms with Crippen LogP contribution in [0, 0.1) is 23.7 Å². The number of aryl methyl sites for hydroxylation is 4. The summed E-state index contributed by atoms with van der Waals surface area (Å²) in [5.74, 6) is 7.44. The molecule has 0 unspecified atom stereocenters. The Balaban J connectivity index is 1.59. The molecule has 0 aliphatic carbocycles. The van der Waals surface area contributed by atoms with Crippen LogP contribution in [0.4, 0.5) is 34.9 Å². The van der Waals surface area contributed by atoms with Gasteiger partial charge in [-0.3, -0.25) is 9.80 Å². The van der Waals surface area contributed by atoms with Crippen molar-refractivity contribution in [2.24, 2.45) is 23.7 Å². The average molecular weight is 754 g/mol. The molecule has 0 aromatic carbocycles. The van der Waals surface area contributed by atoms with E-state index in [9.17, 15) is 0 Å². The summed E-state index contributed by atoms with van der Waals surface area (Å²) in [6.07, 6.45) is 21.1. The fourth-order valence-corrected chi connectivity index (χ4v) is 7.18. The molecule has 7 nitrogen and oxygen atoms in total. The van der Waals surface area contributed by atoms with E-state index in [1.165, 1.54) is 47.9 Å². The maximum absolute atomic E-state index is 5.43. The molecule has 298 valence electrons. The normalized spacial score (nSPS) is 11.6. The molecule has 0 fully saturated rings. The highest BCUT2D eigenvalue weighted by Crippen LogP contribution is 2.37. The van der Waals surface area contributed by atoms with E-state index < -0.39 is 0 Å². The fourth-order valence-electron chi connectivity index (χ4n) is 7.18. The Morgan fingerprint density at radius 1 is 0.375 bits per heavy atom. The van der Waals surface area contributed by atoms with E-state index in [4.69, 9.17) is 24.9 Å². The van der Waals surface area contributed by atoms with Crippen molar-refractivity contribution >= 4 is 34.9 Å². The van der Waals surface area contributed by atoms with Gasteiger partial charge in [0, 0.05) is 24.8 Å². The molecule has 0 radical (unpaired) electrons. The van der Waals surface area contributed by atoms with Gasteiger partial charge in [-0.2, -0.15) is 0 Å². The van der Waals surface area contributed by atoms with Crippen LogP contribution in [0.2, 0.25) is 0 Å². The summed E-state index contributed by atoms with van der Waals surface area (Å²) in [4.78, 5) is 29.5. The Bertz CT molecular complexity index is 1670. The molecular weight excluding hydrogens is 687 g/mol. The van der Waals surface area contributed by atoms with Gasteiger partial charge >= 0.3 is 0 Å². The molecule has 0 bridgehead atoms. The van der Waals surface area contributed by atoms with Crippen LogP contribution < -0.4 is 9.80 Å². The van der Waals surface area contributed by atoms with E-state index in [1.807, 2.05) is 24.8 Å². The lowest BCUT2D eigenvalue weighted by molar-refractivity contribution is 0.555. The molecule has 0 N–H and O–H groups in total. The standard InChI is InChI=1S/C49H67N7/c1-36(2)14-9-18-40-24-28-50-46(32-40)55(47-33-41(25-29-51-47)19-10-15-37(3)4)44-22-13-23-45(54-44)56(48-34-42(26-30-52-48)20-11-16-38(5)6)49-35-43(27-31-53-49)21-12-17-39(7)8/h13,22-39H,9-12,14-21H2,1-8H3. The van der Waals surface area contributed by atoms with E-state index in [0.29, 0.717) is 23.7 Å². The van der Waals surface area contributed by atoms with Crippen LogP contribution in [-0.4, -0.2) is 24.9 Å². The zero-order chi connectivity index (χ0) is 39.9. The summed E-state index contributed by atoms with van der Waals surface area (Å²) in [6.45, 7) is 18.3. The van der Waals surface area contributed by atoms with Crippen molar-refractivity contribution in [3.05, 3.63) is 114 Å². The average Bonchev–Trinajstić information content (AvgIpc) is 3.16. The highest BCUT2D eigenvalue weighted by molar-refractivity contribution is 5.75. The van der Waals surface area contributed by atoms with Crippen molar-refractivity contribution in [1.29, 1.82) is 0 Å². The minimum atomic E-state index is 0.677. The van der Waals surface area contributed by atoms with Crippen LogP contribution in [-0.2, 0) is 25.7 Å². The fraction of sp³-hybridized carbons (Fsp3) is 0.490. The van der Waals surface area contributed by atoms with Gasteiger partial charge in [-0.1, -0.05) is 87.1 Å². The molecule has 56 heavy (non-hydrogen) atoms. The van der Waals surface area contributed by atoms with Crippen LogP contribution in [0.15, 0.2) is 91.5 Å². The van der Waals surface area contributed by atoms with Crippen LogP contribution in [0.25, 0.3) is 0 Å². The van der Waals surface area contributed by atoms with E-state index in [-0.39, 0.29) is 0 Å². The molecule has 5 aromatic rings. The summed E-state index contributed by atoms with van der Waals surface area (Å²) in [7, 11) is 0. The Morgan fingerprint density at radius 2 is 0.643 bits per heavy atom. The summed E-state index contributed by atoms with van der Waals surface area (Å²) >= 11 is 0. The highest BCUT2D eigenvalue weighted by atomic mass is 15.3. The molecule has 0 spiro atoms. The second kappa shape index (κ2) is 21.6. The summed E-state index contributed by atoms with van der Waals surface area (Å²) in [6, 6.07) is 23.6. The van der Waals surface area contributed by atoms with E-state index in [2.05, 4.69) is 132 Å². The zero-order valence-electron chi connectivity index (χ0n) is 35.6. The monoisotopic (exact) mass is 754 g/mol. The van der Waals surface area contributed by atoms with Gasteiger partial charge in [0.1, 0.15) is 34.9 Å². The maximum atomic E-state index is 5.43. The quantitative estimate of drug-likeness (QED) is 0.0697. The van der Waals surface area contributed by atoms with Gasteiger partial charge in [0.2, 0.25) is 0 Å². The Morgan fingerprint density at radius 3 is 0.893 bits per heavy atom. The lowest BCUT2D eigenvalue weighted by atomic mass is 10.0. The highest BCUT2D eigenvalue weighted by Gasteiger charge is 2.22. The first-order chi connectivity index (χ1) is 27.0. The van der Waals surface area contributed by atoms with Gasteiger partial charge in [-0.05, 0) is 158 Å². The van der Waals surface area contributed by atoms with Crippen molar-refractivity contribution in [3.8, 4) is 0 Å². The van der Waals surface area contributed by atoms with Gasteiger partial charge in [-0.25, -0.2) is 24.9 Å². The number of hydrogen-bond acceptors (Lipinski definition) is 7. The second-order valence-corrected chi connectivity index (χ2v) is 17.3. The van der Waals surface area contributed by atoms with Crippen LogP contribution in [0.3, 0.4) is 0 Å².